The number of primary amides is 1. The van der Waals surface area contributed by atoms with Crippen molar-refractivity contribution in [3.63, 3.8) is 0 Å². The van der Waals surface area contributed by atoms with Gasteiger partial charge in [0.15, 0.2) is 0 Å². The van der Waals surface area contributed by atoms with Gasteiger partial charge in [0.1, 0.15) is 0 Å². The minimum Gasteiger partial charge on any atom is -0.400 e. The summed E-state index contributed by atoms with van der Waals surface area (Å²) >= 11 is 0. The van der Waals surface area contributed by atoms with Gasteiger partial charge in [-0.15, -0.1) is 0 Å². The molecule has 5 N–H and O–H groups in total. The molecule has 4 saturated carbocycles. The Labute approximate surface area is 333 Å². The third-order valence-electron chi connectivity index (χ3n) is 12.0. The number of nitrogens with one attached hydrogen (secondary N) is 1. The van der Waals surface area contributed by atoms with E-state index in [2.05, 4.69) is 55.9 Å². The van der Waals surface area contributed by atoms with Crippen molar-refractivity contribution in [2.75, 3.05) is 61.2 Å². The fourth-order valence-corrected chi connectivity index (χ4v) is 9.92. The molecule has 5 atom stereocenters. The molecular weight excluding hydrogens is 681 g/mol. The van der Waals surface area contributed by atoms with E-state index in [-0.39, 0.29) is 18.9 Å². The predicted octanol–water partition coefficient (Wildman–Crippen LogP) is 7.84. The molecule has 0 radical (unpaired) electrons. The van der Waals surface area contributed by atoms with Crippen LogP contribution in [0, 0.1) is 40.9 Å². The highest BCUT2D eigenvalue weighted by molar-refractivity contribution is 5.79. The number of likely N-dealkylation sites (N-methyl/N-ethyl adjacent to an activating group) is 1. The van der Waals surface area contributed by atoms with Gasteiger partial charge in [-0.25, -0.2) is 0 Å². The number of carbonyl (C=O) groups is 2. The molecule has 5 aliphatic rings. The fraction of sp³-hybridized carbons (Fsp3) is 0.955. The van der Waals surface area contributed by atoms with Crippen molar-refractivity contribution >= 4 is 12.3 Å². The van der Waals surface area contributed by atoms with E-state index in [1.807, 2.05) is 21.0 Å². The molecule has 0 aromatic carbocycles. The summed E-state index contributed by atoms with van der Waals surface area (Å²) in [5.41, 5.74) is 4.82. The van der Waals surface area contributed by atoms with Gasteiger partial charge in [0.05, 0.1) is 12.7 Å². The topological polar surface area (TPSA) is 138 Å². The Balaban J connectivity index is 0.00000123. The number of amides is 2. The van der Waals surface area contributed by atoms with Crippen LogP contribution in [-0.2, 0) is 19.2 Å². The summed E-state index contributed by atoms with van der Waals surface area (Å²) in [5.74, 6) is 4.20. The Morgan fingerprint density at radius 2 is 1.59 bits per heavy atom. The van der Waals surface area contributed by atoms with Gasteiger partial charge in [0, 0.05) is 58.3 Å². The van der Waals surface area contributed by atoms with Crippen molar-refractivity contribution in [3.05, 3.63) is 0 Å². The number of ether oxygens (including phenoxy) is 1. The number of aliphatic hydroxyl groups excluding tert-OH is 2. The number of hydroxylamine groups is 2. The van der Waals surface area contributed by atoms with Crippen molar-refractivity contribution in [1.82, 2.24) is 15.3 Å². The molecule has 54 heavy (non-hydrogen) atoms. The van der Waals surface area contributed by atoms with Crippen molar-refractivity contribution in [1.29, 1.82) is 0 Å². The first-order valence-electron chi connectivity index (χ1n) is 22.0. The molecule has 1 heterocycles. The van der Waals surface area contributed by atoms with Crippen LogP contribution in [0.4, 0.5) is 0 Å². The zero-order chi connectivity index (χ0) is 40.9. The zero-order valence-electron chi connectivity index (χ0n) is 37.0. The fourth-order valence-electron chi connectivity index (χ4n) is 9.92. The largest absolute Gasteiger partial charge is 0.400 e. The van der Waals surface area contributed by atoms with Gasteiger partial charge in [-0.05, 0) is 114 Å². The summed E-state index contributed by atoms with van der Waals surface area (Å²) in [5, 5.41) is 20.3. The molecular formula is C44H90N4O6. The van der Waals surface area contributed by atoms with Crippen LogP contribution in [0.3, 0.4) is 0 Å². The second-order valence-corrected chi connectivity index (χ2v) is 17.3. The summed E-state index contributed by atoms with van der Waals surface area (Å²) in [6, 6.07) is 0.295. The standard InChI is InChI=1S/C29H53N3O3.C9H18.C2H6O.C2H6.CH3NO.CH4O/c1-31(2)21-26(19-22-9-5-4-6-10-22)30-29(33)24-15-13-23(14-16-24)27-12-7-11-25(28(27)34-3)20-32-17-8-18-35-32;1-8-5-4-6-9(2,3)7-8;1-2-3;1-2;2-1-3;1-2/h22-28H,4-21H2,1-3H3,(H,30,33);8H,4-7H2,1-3H3;3H,2H2,1H3;1-2H3;1H,(H2,2,3);2H,1H3. The van der Waals surface area contributed by atoms with Crippen LogP contribution >= 0.6 is 0 Å². The summed E-state index contributed by atoms with van der Waals surface area (Å²) in [6.45, 7) is 17.0. The monoisotopic (exact) mass is 771 g/mol. The third kappa shape index (κ3) is 21.9. The van der Waals surface area contributed by atoms with Crippen LogP contribution < -0.4 is 11.1 Å². The number of carbonyl (C=O) groups excluding carboxylic acids is 2. The Hall–Kier alpha value is -1.30. The highest BCUT2D eigenvalue weighted by Gasteiger charge is 2.41. The lowest BCUT2D eigenvalue weighted by molar-refractivity contribution is -0.143. The summed E-state index contributed by atoms with van der Waals surface area (Å²) in [6.07, 6.45) is 23.8. The Bertz CT molecular complexity index is 888. The molecule has 0 bridgehead atoms. The van der Waals surface area contributed by atoms with E-state index in [1.165, 1.54) is 89.9 Å². The average Bonchev–Trinajstić information content (AvgIpc) is 3.67. The lowest BCUT2D eigenvalue weighted by Crippen LogP contribution is -2.47. The van der Waals surface area contributed by atoms with Gasteiger partial charge in [-0.1, -0.05) is 86.0 Å². The molecule has 5 rings (SSSR count). The van der Waals surface area contributed by atoms with Gasteiger partial charge >= 0.3 is 0 Å². The number of rotatable bonds is 10. The highest BCUT2D eigenvalue weighted by atomic mass is 16.7. The van der Waals surface area contributed by atoms with Gasteiger partial charge < -0.3 is 30.9 Å². The summed E-state index contributed by atoms with van der Waals surface area (Å²) in [4.78, 5) is 29.9. The Morgan fingerprint density at radius 3 is 2.07 bits per heavy atom. The molecule has 0 spiro atoms. The minimum absolute atomic E-state index is 0.195. The van der Waals surface area contributed by atoms with Crippen molar-refractivity contribution < 1.29 is 29.4 Å². The molecule has 4 aliphatic carbocycles. The summed E-state index contributed by atoms with van der Waals surface area (Å²) in [7, 11) is 7.17. The van der Waals surface area contributed by atoms with Crippen LogP contribution in [0.5, 0.6) is 0 Å². The molecule has 2 amide bonds. The van der Waals surface area contributed by atoms with E-state index in [0.717, 1.165) is 70.9 Å². The maximum atomic E-state index is 13.3. The lowest BCUT2D eigenvalue weighted by atomic mass is 9.67. The first-order valence-corrected chi connectivity index (χ1v) is 22.0. The van der Waals surface area contributed by atoms with Crippen LogP contribution in [0.25, 0.3) is 0 Å². The Kier molecular flexibility index (Phi) is 31.0. The quantitative estimate of drug-likeness (QED) is 0.165. The maximum Gasteiger partial charge on any atom is 0.223 e. The van der Waals surface area contributed by atoms with E-state index in [1.54, 1.807) is 6.92 Å². The summed E-state index contributed by atoms with van der Waals surface area (Å²) < 4.78 is 6.15. The Morgan fingerprint density at radius 1 is 0.981 bits per heavy atom. The average molecular weight is 771 g/mol. The molecule has 0 aromatic heterocycles. The first kappa shape index (κ1) is 52.7. The van der Waals surface area contributed by atoms with E-state index < -0.39 is 0 Å². The smallest absolute Gasteiger partial charge is 0.223 e. The van der Waals surface area contributed by atoms with Crippen molar-refractivity contribution in [3.8, 4) is 0 Å². The third-order valence-corrected chi connectivity index (χ3v) is 12.0. The second-order valence-electron chi connectivity index (χ2n) is 17.3. The van der Waals surface area contributed by atoms with Gasteiger partial charge in [0.2, 0.25) is 12.3 Å². The lowest BCUT2D eigenvalue weighted by Gasteiger charge is -2.44. The van der Waals surface area contributed by atoms with Crippen molar-refractivity contribution in [2.45, 2.75) is 169 Å². The molecule has 1 aliphatic heterocycles. The van der Waals surface area contributed by atoms with E-state index >= 15 is 0 Å². The van der Waals surface area contributed by atoms with Gasteiger partial charge in [0.25, 0.3) is 0 Å². The van der Waals surface area contributed by atoms with Crippen molar-refractivity contribution in [2.24, 2.45) is 46.7 Å². The predicted molar refractivity (Wildman–Crippen MR) is 225 cm³/mol. The molecule has 1 saturated heterocycles. The first-order chi connectivity index (χ1) is 26.0. The SMILES string of the molecule is CC.CC1CCCC(C)(C)C1.CCO.CO.COC1C(CN2CCCO2)CCCC1C1CCC(C(=O)NC(CC2CCCCC2)CN(C)C)CC1.NC=O. The zero-order valence-corrected chi connectivity index (χ0v) is 37.0. The number of methoxy groups -OCH3 is 1. The van der Waals surface area contributed by atoms with Crippen LogP contribution in [-0.4, -0.2) is 106 Å². The number of hydrogen-bond acceptors (Lipinski definition) is 8. The number of aliphatic hydroxyl groups is 2. The molecule has 322 valence electrons. The molecule has 5 fully saturated rings. The van der Waals surface area contributed by atoms with E-state index in [4.69, 9.17) is 24.6 Å². The van der Waals surface area contributed by atoms with Crippen LogP contribution in [0.15, 0.2) is 0 Å². The van der Waals surface area contributed by atoms with Crippen LogP contribution in [0.1, 0.15) is 157 Å². The highest BCUT2D eigenvalue weighted by Crippen LogP contribution is 2.43. The van der Waals surface area contributed by atoms with Gasteiger partial charge in [-0.3, -0.25) is 14.4 Å². The molecule has 5 unspecified atom stereocenters. The minimum atomic E-state index is 0.195. The van der Waals surface area contributed by atoms with E-state index in [0.29, 0.717) is 41.2 Å². The van der Waals surface area contributed by atoms with E-state index in [9.17, 15) is 4.79 Å². The van der Waals surface area contributed by atoms with Gasteiger partial charge in [-0.2, -0.15) is 5.06 Å². The normalized spacial score (nSPS) is 28.7. The molecule has 10 nitrogen and oxygen atoms in total. The van der Waals surface area contributed by atoms with Crippen LogP contribution in [0.2, 0.25) is 0 Å². The molecule has 10 heteroatoms. The number of nitrogens with zero attached hydrogens (tertiary/aromatic N) is 2. The molecule has 0 aromatic rings. The second kappa shape index (κ2) is 31.7. The number of nitrogens with two attached hydrogens (primary N) is 1. The maximum absolute atomic E-state index is 13.3. The number of hydrogen-bond donors (Lipinski definition) is 4.